The van der Waals surface area contributed by atoms with E-state index < -0.39 is 20.8 Å². The molecule has 6 heteroatoms. The first-order valence-corrected chi connectivity index (χ1v) is 8.36. The highest BCUT2D eigenvalue weighted by molar-refractivity contribution is 7.92. The minimum atomic E-state index is -3.42. The molecule has 2 saturated carbocycles. The van der Waals surface area contributed by atoms with Crippen LogP contribution in [-0.2, 0) is 14.6 Å². The third kappa shape index (κ3) is 3.45. The molecule has 0 radical (unpaired) electrons. The average Bonchev–Trinajstić information content (AvgIpc) is 3.04. The maximum absolute atomic E-state index is 12.2. The fraction of sp³-hybridized carbons (Fsp3) is 0.917. The van der Waals surface area contributed by atoms with Gasteiger partial charge in [-0.1, -0.05) is 6.92 Å². The van der Waals surface area contributed by atoms with Crippen molar-refractivity contribution < 1.29 is 13.2 Å². The minimum absolute atomic E-state index is 0.201. The highest BCUT2D eigenvalue weighted by Gasteiger charge is 2.37. The highest BCUT2D eigenvalue weighted by atomic mass is 32.2. The van der Waals surface area contributed by atoms with E-state index in [1.165, 1.54) is 0 Å². The minimum Gasteiger partial charge on any atom is -0.352 e. The normalized spacial score (nSPS) is 33.1. The molecule has 0 spiro atoms. The molecular weight excluding hydrogens is 252 g/mol. The molecule has 104 valence electrons. The summed E-state index contributed by atoms with van der Waals surface area (Å²) in [6.07, 6.45) is 4.22. The molecule has 0 bridgehead atoms. The van der Waals surface area contributed by atoms with Crippen molar-refractivity contribution in [2.75, 3.05) is 5.75 Å². The summed E-state index contributed by atoms with van der Waals surface area (Å²) >= 11 is 0. The van der Waals surface area contributed by atoms with Crippen molar-refractivity contribution >= 4 is 15.7 Å². The number of carbonyl (C=O) groups is 1. The SMILES string of the molecule is CC1CCC(N)C(S(=O)(=O)CC(=O)NC2CC2)C1. The molecule has 2 aliphatic rings. The van der Waals surface area contributed by atoms with Crippen LogP contribution in [-0.4, -0.2) is 37.4 Å². The number of carbonyl (C=O) groups excluding carboxylic acids is 1. The third-order valence-electron chi connectivity index (χ3n) is 3.84. The highest BCUT2D eigenvalue weighted by Crippen LogP contribution is 2.28. The van der Waals surface area contributed by atoms with E-state index in [4.69, 9.17) is 5.73 Å². The Bertz CT molecular complexity index is 417. The molecule has 3 N–H and O–H groups in total. The Balaban J connectivity index is 1.97. The van der Waals surface area contributed by atoms with Crippen LogP contribution in [0.1, 0.15) is 39.0 Å². The Morgan fingerprint density at radius 1 is 1.28 bits per heavy atom. The molecule has 0 aromatic heterocycles. The molecule has 18 heavy (non-hydrogen) atoms. The van der Waals surface area contributed by atoms with Gasteiger partial charge in [0.25, 0.3) is 0 Å². The Hall–Kier alpha value is -0.620. The van der Waals surface area contributed by atoms with Crippen molar-refractivity contribution in [2.45, 2.75) is 56.4 Å². The molecule has 2 aliphatic carbocycles. The number of hydrogen-bond acceptors (Lipinski definition) is 4. The van der Waals surface area contributed by atoms with Gasteiger partial charge in [-0.25, -0.2) is 8.42 Å². The lowest BCUT2D eigenvalue weighted by Crippen LogP contribution is -2.47. The first kappa shape index (κ1) is 13.8. The number of sulfone groups is 1. The van der Waals surface area contributed by atoms with Crippen LogP contribution in [0.3, 0.4) is 0 Å². The smallest absolute Gasteiger partial charge is 0.235 e. The topological polar surface area (TPSA) is 89.3 Å². The van der Waals surface area contributed by atoms with Gasteiger partial charge in [0, 0.05) is 12.1 Å². The lowest BCUT2D eigenvalue weighted by molar-refractivity contribution is -0.118. The lowest BCUT2D eigenvalue weighted by Gasteiger charge is -2.31. The lowest BCUT2D eigenvalue weighted by atomic mass is 9.87. The molecular formula is C12H22N2O3S. The van der Waals surface area contributed by atoms with Gasteiger partial charge >= 0.3 is 0 Å². The van der Waals surface area contributed by atoms with Gasteiger partial charge in [-0.2, -0.15) is 0 Å². The number of hydrogen-bond donors (Lipinski definition) is 2. The molecule has 0 aromatic carbocycles. The maximum Gasteiger partial charge on any atom is 0.235 e. The second-order valence-electron chi connectivity index (χ2n) is 5.77. The van der Waals surface area contributed by atoms with E-state index in [-0.39, 0.29) is 18.0 Å². The van der Waals surface area contributed by atoms with Gasteiger partial charge in [-0.3, -0.25) is 4.79 Å². The molecule has 3 unspecified atom stereocenters. The van der Waals surface area contributed by atoms with Gasteiger partial charge in [-0.05, 0) is 38.0 Å². The first-order chi connectivity index (χ1) is 8.38. The quantitative estimate of drug-likeness (QED) is 0.766. The van der Waals surface area contributed by atoms with Gasteiger partial charge < -0.3 is 11.1 Å². The molecule has 1 amide bonds. The summed E-state index contributed by atoms with van der Waals surface area (Å²) in [6.45, 7) is 2.04. The molecule has 0 saturated heterocycles. The molecule has 5 nitrogen and oxygen atoms in total. The standard InChI is InChI=1S/C12H22N2O3S/c1-8-2-5-10(13)11(6-8)18(16,17)7-12(15)14-9-3-4-9/h8-11H,2-7,13H2,1H3,(H,14,15). The van der Waals surface area contributed by atoms with Crippen molar-refractivity contribution in [2.24, 2.45) is 11.7 Å². The average molecular weight is 274 g/mol. The van der Waals surface area contributed by atoms with E-state index >= 15 is 0 Å². The van der Waals surface area contributed by atoms with Crippen molar-refractivity contribution in [3.63, 3.8) is 0 Å². The zero-order chi connectivity index (χ0) is 13.3. The summed E-state index contributed by atoms with van der Waals surface area (Å²) in [6, 6.07) is -0.119. The Morgan fingerprint density at radius 2 is 1.94 bits per heavy atom. The Labute approximate surface area is 108 Å². The molecule has 0 aromatic rings. The van der Waals surface area contributed by atoms with E-state index in [1.54, 1.807) is 0 Å². The predicted octanol–water partition coefficient (Wildman–Crippen LogP) is 0.196. The van der Waals surface area contributed by atoms with Crippen LogP contribution in [0.2, 0.25) is 0 Å². The van der Waals surface area contributed by atoms with Gasteiger partial charge in [0.05, 0.1) is 5.25 Å². The number of amides is 1. The van der Waals surface area contributed by atoms with E-state index in [9.17, 15) is 13.2 Å². The van der Waals surface area contributed by atoms with E-state index in [0.717, 1.165) is 25.7 Å². The second-order valence-corrected chi connectivity index (χ2v) is 7.99. The molecule has 0 aliphatic heterocycles. The van der Waals surface area contributed by atoms with Crippen molar-refractivity contribution in [3.05, 3.63) is 0 Å². The van der Waals surface area contributed by atoms with Crippen molar-refractivity contribution in [1.82, 2.24) is 5.32 Å². The van der Waals surface area contributed by atoms with Crippen molar-refractivity contribution in [3.8, 4) is 0 Å². The molecule has 2 rings (SSSR count). The summed E-state index contributed by atoms with van der Waals surface area (Å²) < 4.78 is 24.4. The van der Waals surface area contributed by atoms with Crippen LogP contribution in [0.5, 0.6) is 0 Å². The van der Waals surface area contributed by atoms with E-state index in [2.05, 4.69) is 5.32 Å². The van der Waals surface area contributed by atoms with Gasteiger partial charge in [0.15, 0.2) is 9.84 Å². The van der Waals surface area contributed by atoms with Crippen LogP contribution in [0.4, 0.5) is 0 Å². The maximum atomic E-state index is 12.2. The zero-order valence-electron chi connectivity index (χ0n) is 10.8. The molecule has 0 heterocycles. The van der Waals surface area contributed by atoms with Crippen LogP contribution in [0.25, 0.3) is 0 Å². The van der Waals surface area contributed by atoms with Gasteiger partial charge in [-0.15, -0.1) is 0 Å². The Morgan fingerprint density at radius 3 is 2.56 bits per heavy atom. The fourth-order valence-electron chi connectivity index (χ4n) is 2.55. The largest absolute Gasteiger partial charge is 0.352 e. The number of rotatable bonds is 4. The van der Waals surface area contributed by atoms with Crippen molar-refractivity contribution in [1.29, 1.82) is 0 Å². The monoisotopic (exact) mass is 274 g/mol. The second kappa shape index (κ2) is 5.17. The van der Waals surface area contributed by atoms with Crippen LogP contribution in [0.15, 0.2) is 0 Å². The van der Waals surface area contributed by atoms with E-state index in [0.29, 0.717) is 12.3 Å². The van der Waals surface area contributed by atoms with Crippen LogP contribution in [0, 0.1) is 5.92 Å². The summed E-state index contributed by atoms with van der Waals surface area (Å²) in [5, 5.41) is 2.17. The van der Waals surface area contributed by atoms with Gasteiger partial charge in [0.2, 0.25) is 5.91 Å². The molecule has 2 fully saturated rings. The fourth-order valence-corrected chi connectivity index (χ4v) is 4.51. The Kier molecular flexibility index (Phi) is 3.96. The summed E-state index contributed by atoms with van der Waals surface area (Å²) in [7, 11) is -3.42. The predicted molar refractivity (Wildman–Crippen MR) is 69.7 cm³/mol. The van der Waals surface area contributed by atoms with E-state index in [1.807, 2.05) is 6.92 Å². The summed E-state index contributed by atoms with van der Waals surface area (Å²) in [5.74, 6) is -0.409. The van der Waals surface area contributed by atoms with Crippen LogP contribution < -0.4 is 11.1 Å². The van der Waals surface area contributed by atoms with Crippen LogP contribution >= 0.6 is 0 Å². The summed E-state index contributed by atoms with van der Waals surface area (Å²) in [4.78, 5) is 11.6. The third-order valence-corrected chi connectivity index (χ3v) is 5.97. The molecule has 3 atom stereocenters. The number of nitrogens with one attached hydrogen (secondary N) is 1. The first-order valence-electron chi connectivity index (χ1n) is 6.65. The zero-order valence-corrected chi connectivity index (χ0v) is 11.6. The summed E-state index contributed by atoms with van der Waals surface area (Å²) in [5.41, 5.74) is 5.91. The van der Waals surface area contributed by atoms with Gasteiger partial charge in [0.1, 0.15) is 5.75 Å². The number of nitrogens with two attached hydrogens (primary N) is 1.